The molecule has 0 N–H and O–H groups in total. The number of rotatable bonds is 6. The van der Waals surface area contributed by atoms with E-state index in [1.807, 2.05) is 24.3 Å². The molecule has 1 amide bonds. The Hall–Kier alpha value is -2.31. The highest BCUT2D eigenvalue weighted by Gasteiger charge is 2.37. The van der Waals surface area contributed by atoms with Crippen molar-refractivity contribution in [3.05, 3.63) is 71.7 Å². The van der Waals surface area contributed by atoms with E-state index in [-0.39, 0.29) is 11.2 Å². The molecule has 2 aromatic rings. The normalized spacial score (nSPS) is 19.2. The highest BCUT2D eigenvalue weighted by molar-refractivity contribution is 8.15. The highest BCUT2D eigenvalue weighted by Crippen LogP contribution is 2.30. The lowest BCUT2D eigenvalue weighted by Gasteiger charge is -2.12. The lowest BCUT2D eigenvalue weighted by molar-refractivity contribution is -0.125. The van der Waals surface area contributed by atoms with Crippen LogP contribution in [0.15, 0.2) is 69.9 Å². The number of carbonyl (C=O) groups is 1. The molecule has 25 heavy (non-hydrogen) atoms. The van der Waals surface area contributed by atoms with Gasteiger partial charge in [0.05, 0.1) is 17.7 Å². The summed E-state index contributed by atoms with van der Waals surface area (Å²) in [7, 11) is 0. The zero-order chi connectivity index (χ0) is 17.6. The maximum Gasteiger partial charge on any atom is 0.242 e. The molecule has 0 unspecified atom stereocenters. The van der Waals surface area contributed by atoms with Crippen molar-refractivity contribution in [3.63, 3.8) is 0 Å². The molecule has 0 aliphatic carbocycles. The van der Waals surface area contributed by atoms with Gasteiger partial charge in [-0.1, -0.05) is 41.6 Å². The molecular weight excluding hydrogens is 358 g/mol. The van der Waals surface area contributed by atoms with Crippen LogP contribution in [0.5, 0.6) is 0 Å². The summed E-state index contributed by atoms with van der Waals surface area (Å²) in [5, 5.41) is 9.16. The third-order valence-electron chi connectivity index (χ3n) is 3.51. The zero-order valence-corrected chi connectivity index (χ0v) is 14.9. The SMILES string of the molecule is C=CCN1C(=O)[C@@H](Cc2cccc(Cl)c2)S/C1=N\N=C/c1ccco1. The van der Waals surface area contributed by atoms with Gasteiger partial charge < -0.3 is 4.42 Å². The molecule has 5 nitrogen and oxygen atoms in total. The van der Waals surface area contributed by atoms with Crippen LogP contribution in [0.25, 0.3) is 0 Å². The molecular formula is C18H16ClN3O2S. The van der Waals surface area contributed by atoms with Crippen molar-refractivity contribution in [3.8, 4) is 0 Å². The average Bonchev–Trinajstić information content (AvgIpc) is 3.20. The summed E-state index contributed by atoms with van der Waals surface area (Å²) in [4.78, 5) is 14.2. The first-order valence-corrected chi connectivity index (χ1v) is 8.91. The molecule has 3 rings (SSSR count). The minimum absolute atomic E-state index is 0.00294. The largest absolute Gasteiger partial charge is 0.463 e. The fourth-order valence-electron chi connectivity index (χ4n) is 2.39. The maximum atomic E-state index is 12.7. The molecule has 7 heteroatoms. The Morgan fingerprint density at radius 2 is 2.24 bits per heavy atom. The number of furan rings is 1. The van der Waals surface area contributed by atoms with Crippen LogP contribution >= 0.6 is 23.4 Å². The van der Waals surface area contributed by atoms with Gasteiger partial charge in [-0.15, -0.1) is 11.7 Å². The fourth-order valence-corrected chi connectivity index (χ4v) is 3.75. The predicted molar refractivity (Wildman–Crippen MR) is 102 cm³/mol. The van der Waals surface area contributed by atoms with Gasteiger partial charge in [0, 0.05) is 11.6 Å². The van der Waals surface area contributed by atoms with Crippen LogP contribution in [0.3, 0.4) is 0 Å². The minimum Gasteiger partial charge on any atom is -0.463 e. The molecule has 128 valence electrons. The van der Waals surface area contributed by atoms with Crippen LogP contribution in [0.1, 0.15) is 11.3 Å². The van der Waals surface area contributed by atoms with E-state index in [0.717, 1.165) is 5.56 Å². The Balaban J connectivity index is 1.76. The second kappa shape index (κ2) is 8.18. The third kappa shape index (κ3) is 4.41. The van der Waals surface area contributed by atoms with Crippen molar-refractivity contribution in [2.45, 2.75) is 11.7 Å². The Bertz CT molecular complexity index is 817. The summed E-state index contributed by atoms with van der Waals surface area (Å²) in [5.74, 6) is 0.598. The number of thioether (sulfide) groups is 1. The number of benzene rings is 1. The van der Waals surface area contributed by atoms with Crippen LogP contribution in [-0.4, -0.2) is 34.0 Å². The molecule has 1 aromatic heterocycles. The quantitative estimate of drug-likeness (QED) is 0.437. The van der Waals surface area contributed by atoms with Gasteiger partial charge in [-0.3, -0.25) is 9.69 Å². The van der Waals surface area contributed by atoms with E-state index in [0.29, 0.717) is 28.9 Å². The summed E-state index contributed by atoms with van der Waals surface area (Å²) in [6, 6.07) is 11.1. The van der Waals surface area contributed by atoms with Crippen LogP contribution < -0.4 is 0 Å². The van der Waals surface area contributed by atoms with E-state index < -0.39 is 0 Å². The van der Waals surface area contributed by atoms with Gasteiger partial charge in [-0.05, 0) is 36.2 Å². The fraction of sp³-hybridized carbons (Fsp3) is 0.167. The van der Waals surface area contributed by atoms with Crippen LogP contribution in [0, 0.1) is 0 Å². The number of halogens is 1. The van der Waals surface area contributed by atoms with E-state index in [2.05, 4.69) is 16.8 Å². The van der Waals surface area contributed by atoms with Crippen molar-refractivity contribution >= 4 is 40.7 Å². The molecule has 1 aliphatic heterocycles. The lowest BCUT2D eigenvalue weighted by Crippen LogP contribution is -2.32. The first kappa shape index (κ1) is 17.5. The summed E-state index contributed by atoms with van der Waals surface area (Å²) in [5.41, 5.74) is 1.01. The second-order valence-corrected chi connectivity index (χ2v) is 6.93. The molecule has 0 saturated carbocycles. The monoisotopic (exact) mass is 373 g/mol. The van der Waals surface area contributed by atoms with Crippen molar-refractivity contribution in [2.75, 3.05) is 6.54 Å². The lowest BCUT2D eigenvalue weighted by atomic mass is 10.1. The van der Waals surface area contributed by atoms with Gasteiger partial charge in [-0.25, -0.2) is 0 Å². The number of hydrogen-bond donors (Lipinski definition) is 0. The van der Waals surface area contributed by atoms with Crippen molar-refractivity contribution in [1.82, 2.24) is 4.90 Å². The minimum atomic E-state index is -0.254. The topological polar surface area (TPSA) is 58.2 Å². The van der Waals surface area contributed by atoms with Crippen molar-refractivity contribution in [2.24, 2.45) is 10.2 Å². The predicted octanol–water partition coefficient (Wildman–Crippen LogP) is 4.00. The molecule has 1 saturated heterocycles. The second-order valence-electron chi connectivity index (χ2n) is 5.32. The van der Waals surface area contributed by atoms with Gasteiger partial charge in [0.25, 0.3) is 0 Å². The van der Waals surface area contributed by atoms with Crippen molar-refractivity contribution < 1.29 is 9.21 Å². The number of hydrogen-bond acceptors (Lipinski definition) is 5. The van der Waals surface area contributed by atoms with Crippen LogP contribution in [0.2, 0.25) is 5.02 Å². The number of amidine groups is 1. The van der Waals surface area contributed by atoms with Gasteiger partial charge in [0.2, 0.25) is 5.91 Å². The summed E-state index contributed by atoms with van der Waals surface area (Å²) in [6.07, 6.45) is 5.33. The molecule has 0 bridgehead atoms. The van der Waals surface area contributed by atoms with E-state index in [1.54, 1.807) is 29.4 Å². The Morgan fingerprint density at radius 3 is 2.96 bits per heavy atom. The van der Waals surface area contributed by atoms with Gasteiger partial charge in [-0.2, -0.15) is 5.10 Å². The van der Waals surface area contributed by atoms with E-state index in [9.17, 15) is 4.79 Å². The summed E-state index contributed by atoms with van der Waals surface area (Å²) < 4.78 is 5.17. The number of carbonyl (C=O) groups excluding carboxylic acids is 1. The molecule has 2 heterocycles. The van der Waals surface area contributed by atoms with E-state index >= 15 is 0 Å². The molecule has 0 radical (unpaired) electrons. The van der Waals surface area contributed by atoms with Crippen LogP contribution in [-0.2, 0) is 11.2 Å². The molecule has 1 aliphatic rings. The zero-order valence-electron chi connectivity index (χ0n) is 13.3. The van der Waals surface area contributed by atoms with Gasteiger partial charge >= 0.3 is 0 Å². The summed E-state index contributed by atoms with van der Waals surface area (Å²) >= 11 is 7.42. The molecule has 1 fully saturated rings. The maximum absolute atomic E-state index is 12.7. The van der Waals surface area contributed by atoms with E-state index in [4.69, 9.17) is 16.0 Å². The third-order valence-corrected chi connectivity index (χ3v) is 4.91. The molecule has 0 spiro atoms. The van der Waals surface area contributed by atoms with Gasteiger partial charge in [0.1, 0.15) is 5.76 Å². The number of nitrogens with zero attached hydrogens (tertiary/aromatic N) is 3. The Labute approximate surface area is 155 Å². The molecule has 1 aromatic carbocycles. The number of amides is 1. The standard InChI is InChI=1S/C18H16ClN3O2S/c1-2-8-22-17(23)16(11-13-5-3-6-14(19)10-13)25-18(22)21-20-12-15-7-4-9-24-15/h2-7,9-10,12,16H,1,8,11H2/b20-12-,21-18-/t16-/m1/s1. The summed E-state index contributed by atoms with van der Waals surface area (Å²) in [6.45, 7) is 4.10. The highest BCUT2D eigenvalue weighted by atomic mass is 35.5. The van der Waals surface area contributed by atoms with E-state index in [1.165, 1.54) is 18.0 Å². The first-order chi connectivity index (χ1) is 12.2. The van der Waals surface area contributed by atoms with Crippen molar-refractivity contribution in [1.29, 1.82) is 0 Å². The Morgan fingerprint density at radius 1 is 1.36 bits per heavy atom. The average molecular weight is 374 g/mol. The smallest absolute Gasteiger partial charge is 0.242 e. The van der Waals surface area contributed by atoms with Gasteiger partial charge in [0.15, 0.2) is 5.17 Å². The van der Waals surface area contributed by atoms with Crippen LogP contribution in [0.4, 0.5) is 0 Å². The molecule has 1 atom stereocenters. The Kier molecular flexibility index (Phi) is 5.73. The first-order valence-electron chi connectivity index (χ1n) is 7.65.